The molecule has 9 heteroatoms. The minimum absolute atomic E-state index is 0.0540. The van der Waals surface area contributed by atoms with Crippen molar-refractivity contribution in [1.82, 2.24) is 10.2 Å². The number of anilines is 1. The second-order valence-corrected chi connectivity index (χ2v) is 5.87. The van der Waals surface area contributed by atoms with Crippen LogP contribution in [0.1, 0.15) is 0 Å². The highest BCUT2D eigenvalue weighted by Gasteiger charge is 2.15. The first-order valence-electron chi connectivity index (χ1n) is 7.41. The highest BCUT2D eigenvalue weighted by molar-refractivity contribution is 6.35. The summed E-state index contributed by atoms with van der Waals surface area (Å²) in [6, 6.07) is 11.8. The predicted octanol–water partition coefficient (Wildman–Crippen LogP) is 4.07. The van der Waals surface area contributed by atoms with E-state index < -0.39 is 5.91 Å². The summed E-state index contributed by atoms with van der Waals surface area (Å²) in [5.41, 5.74) is 0.618. The van der Waals surface area contributed by atoms with E-state index in [0.717, 1.165) is 0 Å². The summed E-state index contributed by atoms with van der Waals surface area (Å²) >= 11 is 11.8. The topological polar surface area (TPSA) is 86.5 Å². The van der Waals surface area contributed by atoms with Gasteiger partial charge in [-0.2, -0.15) is 0 Å². The second-order valence-electron chi connectivity index (χ2n) is 5.02. The van der Waals surface area contributed by atoms with E-state index in [0.29, 0.717) is 27.1 Å². The number of methoxy groups -OCH3 is 1. The number of halogens is 2. The maximum atomic E-state index is 12.0. The molecule has 0 unspecified atom stereocenters. The first-order chi connectivity index (χ1) is 12.6. The summed E-state index contributed by atoms with van der Waals surface area (Å²) in [5.74, 6) is 0.659. The Morgan fingerprint density at radius 1 is 1.15 bits per heavy atom. The molecule has 7 nitrogen and oxygen atoms in total. The molecule has 0 bridgehead atoms. The number of carbonyl (C=O) groups is 1. The van der Waals surface area contributed by atoms with Crippen LogP contribution in [0.2, 0.25) is 10.0 Å². The number of nitrogens with one attached hydrogen (secondary N) is 1. The zero-order valence-electron chi connectivity index (χ0n) is 13.5. The molecule has 0 aliphatic rings. The fourth-order valence-electron chi connectivity index (χ4n) is 2.09. The SMILES string of the molecule is COc1ccccc1-c1nnc(NC(=O)COc2ccc(Cl)cc2Cl)o1. The Morgan fingerprint density at radius 2 is 1.96 bits per heavy atom. The molecule has 0 fully saturated rings. The Hall–Kier alpha value is -2.77. The highest BCUT2D eigenvalue weighted by atomic mass is 35.5. The van der Waals surface area contributed by atoms with Crippen molar-refractivity contribution in [3.05, 3.63) is 52.5 Å². The van der Waals surface area contributed by atoms with Crippen LogP contribution >= 0.6 is 23.2 Å². The summed E-state index contributed by atoms with van der Waals surface area (Å²) in [6.07, 6.45) is 0. The van der Waals surface area contributed by atoms with Gasteiger partial charge in [-0.25, -0.2) is 0 Å². The van der Waals surface area contributed by atoms with E-state index >= 15 is 0 Å². The van der Waals surface area contributed by atoms with Crippen molar-refractivity contribution < 1.29 is 18.7 Å². The van der Waals surface area contributed by atoms with Gasteiger partial charge in [-0.3, -0.25) is 10.1 Å². The third-order valence-electron chi connectivity index (χ3n) is 3.26. The average Bonchev–Trinajstić information content (AvgIpc) is 3.09. The number of ether oxygens (including phenoxy) is 2. The molecule has 1 amide bonds. The fourth-order valence-corrected chi connectivity index (χ4v) is 2.56. The number of nitrogens with zero attached hydrogens (tertiary/aromatic N) is 2. The van der Waals surface area contributed by atoms with Crippen LogP contribution < -0.4 is 14.8 Å². The molecule has 1 N–H and O–H groups in total. The zero-order valence-corrected chi connectivity index (χ0v) is 15.0. The van der Waals surface area contributed by atoms with Gasteiger partial charge in [0.05, 0.1) is 17.7 Å². The lowest BCUT2D eigenvalue weighted by Gasteiger charge is -2.07. The van der Waals surface area contributed by atoms with Crippen molar-refractivity contribution >= 4 is 35.1 Å². The van der Waals surface area contributed by atoms with Gasteiger partial charge in [0.2, 0.25) is 0 Å². The average molecular weight is 394 g/mol. The minimum atomic E-state index is -0.480. The summed E-state index contributed by atoms with van der Waals surface area (Å²) in [6.45, 7) is -0.284. The van der Waals surface area contributed by atoms with Crippen LogP contribution in [0.25, 0.3) is 11.5 Å². The molecular weight excluding hydrogens is 381 g/mol. The summed E-state index contributed by atoms with van der Waals surface area (Å²) in [5, 5.41) is 10.9. The highest BCUT2D eigenvalue weighted by Crippen LogP contribution is 2.29. The lowest BCUT2D eigenvalue weighted by atomic mass is 10.2. The number of aromatic nitrogens is 2. The number of hydrogen-bond acceptors (Lipinski definition) is 6. The van der Waals surface area contributed by atoms with Crippen LogP contribution in [-0.4, -0.2) is 29.8 Å². The number of para-hydroxylation sites is 1. The third kappa shape index (κ3) is 4.25. The molecule has 0 saturated heterocycles. The van der Waals surface area contributed by atoms with E-state index in [2.05, 4.69) is 15.5 Å². The molecule has 0 atom stereocenters. The molecule has 0 saturated carbocycles. The Kier molecular flexibility index (Phi) is 5.60. The van der Waals surface area contributed by atoms with Crippen molar-refractivity contribution in [3.63, 3.8) is 0 Å². The Balaban J connectivity index is 1.62. The van der Waals surface area contributed by atoms with Gasteiger partial charge in [-0.05, 0) is 30.3 Å². The maximum absolute atomic E-state index is 12.0. The van der Waals surface area contributed by atoms with Crippen LogP contribution in [0, 0.1) is 0 Å². The standard InChI is InChI=1S/C17H13Cl2N3O4/c1-24-13-5-3-2-4-11(13)16-21-22-17(26-16)20-15(23)9-25-14-7-6-10(18)8-12(14)19/h2-8H,9H2,1H3,(H,20,22,23). The molecule has 0 radical (unpaired) electrons. The second kappa shape index (κ2) is 8.07. The molecule has 2 aromatic carbocycles. The Bertz CT molecular complexity index is 930. The van der Waals surface area contributed by atoms with Crippen molar-refractivity contribution in [3.8, 4) is 23.0 Å². The molecule has 3 rings (SSSR count). The van der Waals surface area contributed by atoms with Crippen LogP contribution in [0.15, 0.2) is 46.9 Å². The molecule has 0 aliphatic heterocycles. The molecule has 1 heterocycles. The summed E-state index contributed by atoms with van der Waals surface area (Å²) in [7, 11) is 1.54. The molecule has 3 aromatic rings. The van der Waals surface area contributed by atoms with Crippen LogP contribution in [-0.2, 0) is 4.79 Å². The van der Waals surface area contributed by atoms with Gasteiger partial charge in [0.1, 0.15) is 11.5 Å². The van der Waals surface area contributed by atoms with Gasteiger partial charge < -0.3 is 13.9 Å². The monoisotopic (exact) mass is 393 g/mol. The quantitative estimate of drug-likeness (QED) is 0.678. The van der Waals surface area contributed by atoms with Crippen molar-refractivity contribution in [2.24, 2.45) is 0 Å². The number of rotatable bonds is 6. The van der Waals surface area contributed by atoms with Crippen molar-refractivity contribution in [1.29, 1.82) is 0 Å². The normalized spacial score (nSPS) is 10.4. The first-order valence-corrected chi connectivity index (χ1v) is 8.17. The van der Waals surface area contributed by atoms with E-state index in [9.17, 15) is 4.79 Å². The van der Waals surface area contributed by atoms with Gasteiger partial charge in [-0.1, -0.05) is 40.4 Å². The lowest BCUT2D eigenvalue weighted by molar-refractivity contribution is -0.118. The molecule has 0 aliphatic carbocycles. The smallest absolute Gasteiger partial charge is 0.322 e. The molecule has 26 heavy (non-hydrogen) atoms. The van der Waals surface area contributed by atoms with Gasteiger partial charge in [0.15, 0.2) is 6.61 Å². The predicted molar refractivity (Wildman–Crippen MR) is 96.9 cm³/mol. The van der Waals surface area contributed by atoms with Crippen LogP contribution in [0.4, 0.5) is 6.01 Å². The summed E-state index contributed by atoms with van der Waals surface area (Å²) in [4.78, 5) is 12.0. The van der Waals surface area contributed by atoms with E-state index in [1.165, 1.54) is 13.2 Å². The molecular formula is C17H13Cl2N3O4. The Labute approximate surface area is 158 Å². The zero-order chi connectivity index (χ0) is 18.5. The first kappa shape index (κ1) is 18.0. The fraction of sp³-hybridized carbons (Fsp3) is 0.118. The number of benzene rings is 2. The van der Waals surface area contributed by atoms with Crippen LogP contribution in [0.3, 0.4) is 0 Å². The molecule has 0 spiro atoms. The molecule has 134 valence electrons. The molecule has 1 aromatic heterocycles. The van der Waals surface area contributed by atoms with E-state index in [1.54, 1.807) is 24.3 Å². The minimum Gasteiger partial charge on any atom is -0.496 e. The van der Waals surface area contributed by atoms with Gasteiger partial charge in [0.25, 0.3) is 11.8 Å². The number of carbonyl (C=O) groups excluding carboxylic acids is 1. The number of hydrogen-bond donors (Lipinski definition) is 1. The van der Waals surface area contributed by atoms with Crippen LogP contribution in [0.5, 0.6) is 11.5 Å². The van der Waals surface area contributed by atoms with Crippen molar-refractivity contribution in [2.75, 3.05) is 19.0 Å². The van der Waals surface area contributed by atoms with Crippen molar-refractivity contribution in [2.45, 2.75) is 0 Å². The lowest BCUT2D eigenvalue weighted by Crippen LogP contribution is -2.20. The maximum Gasteiger partial charge on any atom is 0.322 e. The largest absolute Gasteiger partial charge is 0.496 e. The number of amides is 1. The van der Waals surface area contributed by atoms with E-state index in [-0.39, 0.29) is 18.5 Å². The van der Waals surface area contributed by atoms with E-state index in [1.807, 2.05) is 12.1 Å². The van der Waals surface area contributed by atoms with Gasteiger partial charge in [-0.15, -0.1) is 5.10 Å². The third-order valence-corrected chi connectivity index (χ3v) is 3.79. The van der Waals surface area contributed by atoms with E-state index in [4.69, 9.17) is 37.1 Å². The van der Waals surface area contributed by atoms with Gasteiger partial charge >= 0.3 is 6.01 Å². The van der Waals surface area contributed by atoms with Gasteiger partial charge in [0, 0.05) is 5.02 Å². The Morgan fingerprint density at radius 3 is 2.73 bits per heavy atom. The summed E-state index contributed by atoms with van der Waals surface area (Å²) < 4.78 is 16.0.